The molecule has 1 unspecified atom stereocenters. The van der Waals surface area contributed by atoms with Crippen molar-refractivity contribution in [3.8, 4) is 0 Å². The molecule has 0 amide bonds. The third-order valence-corrected chi connectivity index (χ3v) is 3.21. The molecule has 3 N–H and O–H groups in total. The molecule has 1 aromatic carbocycles. The quantitative estimate of drug-likeness (QED) is 0.475. The molecule has 4 heteroatoms. The molecule has 0 aliphatic carbocycles. The second-order valence-electron chi connectivity index (χ2n) is 4.61. The molecule has 1 atom stereocenters. The average molecular weight is 259 g/mol. The van der Waals surface area contributed by atoms with Gasteiger partial charge in [0.25, 0.3) is 0 Å². The topological polar surface area (TPSA) is 60.2 Å². The third-order valence-electron chi connectivity index (χ3n) is 3.21. The number of pyridine rings is 1. The summed E-state index contributed by atoms with van der Waals surface area (Å²) in [6, 6.07) is 10.5. The Balaban J connectivity index is 2.20. The molecular formula is C15H21N3O. The van der Waals surface area contributed by atoms with Crippen molar-refractivity contribution in [1.29, 1.82) is 0 Å². The molecule has 4 nitrogen and oxygen atoms in total. The number of rotatable bonds is 6. The summed E-state index contributed by atoms with van der Waals surface area (Å²) in [5.41, 5.74) is 6.07. The fraction of sp³-hybridized carbons (Fsp3) is 0.400. The van der Waals surface area contributed by atoms with E-state index in [1.54, 1.807) is 0 Å². The molecule has 19 heavy (non-hydrogen) atoms. The molecule has 0 radical (unpaired) electrons. The van der Waals surface area contributed by atoms with Gasteiger partial charge in [0.2, 0.25) is 0 Å². The van der Waals surface area contributed by atoms with Crippen molar-refractivity contribution in [2.45, 2.75) is 26.3 Å². The normalized spacial score (nSPS) is 12.8. The molecule has 0 saturated heterocycles. The first-order valence-electron chi connectivity index (χ1n) is 6.65. The number of hydrogen-bond donors (Lipinski definition) is 2. The lowest BCUT2D eigenvalue weighted by atomic mass is 10.0. The van der Waals surface area contributed by atoms with Crippen LogP contribution in [-0.4, -0.2) is 18.2 Å². The van der Waals surface area contributed by atoms with Crippen LogP contribution < -0.4 is 11.3 Å². The lowest BCUT2D eigenvalue weighted by Gasteiger charge is -2.16. The average Bonchev–Trinajstić information content (AvgIpc) is 2.43. The van der Waals surface area contributed by atoms with Gasteiger partial charge in [0, 0.05) is 30.3 Å². The predicted octanol–water partition coefficient (Wildman–Crippen LogP) is 2.47. The Morgan fingerprint density at radius 3 is 2.89 bits per heavy atom. The van der Waals surface area contributed by atoms with Crippen molar-refractivity contribution in [3.05, 3.63) is 41.6 Å². The summed E-state index contributed by atoms with van der Waals surface area (Å²) in [6.45, 7) is 5.43. The second-order valence-corrected chi connectivity index (χ2v) is 4.61. The second kappa shape index (κ2) is 6.61. The smallest absolute Gasteiger partial charge is 0.0705 e. The lowest BCUT2D eigenvalue weighted by molar-refractivity contribution is 0.136. The van der Waals surface area contributed by atoms with E-state index in [9.17, 15) is 0 Å². The third kappa shape index (κ3) is 3.50. The molecule has 1 heterocycles. The van der Waals surface area contributed by atoms with Crippen LogP contribution >= 0.6 is 0 Å². The van der Waals surface area contributed by atoms with E-state index in [0.29, 0.717) is 6.61 Å². The highest BCUT2D eigenvalue weighted by molar-refractivity contribution is 5.79. The number of aromatic nitrogens is 1. The summed E-state index contributed by atoms with van der Waals surface area (Å²) in [7, 11) is 0. The van der Waals surface area contributed by atoms with Gasteiger partial charge in [-0.25, -0.2) is 0 Å². The number of hydrazine groups is 1. The Kier molecular flexibility index (Phi) is 4.85. The van der Waals surface area contributed by atoms with Gasteiger partial charge in [-0.3, -0.25) is 16.3 Å². The number of benzene rings is 1. The van der Waals surface area contributed by atoms with Crippen LogP contribution in [0.3, 0.4) is 0 Å². The molecule has 0 fully saturated rings. The molecule has 2 rings (SSSR count). The first-order valence-corrected chi connectivity index (χ1v) is 6.65. The Morgan fingerprint density at radius 1 is 1.32 bits per heavy atom. The van der Waals surface area contributed by atoms with Gasteiger partial charge in [-0.05, 0) is 44.0 Å². The Labute approximate surface area is 113 Å². The number of fused-ring (bicyclic) bond motifs is 1. The van der Waals surface area contributed by atoms with E-state index in [4.69, 9.17) is 10.6 Å². The monoisotopic (exact) mass is 259 g/mol. The SMILES string of the molecule is CCOCCC(NN)c1ccc2nc(C)ccc2c1. The van der Waals surface area contributed by atoms with Crippen LogP contribution in [0, 0.1) is 6.92 Å². The fourth-order valence-corrected chi connectivity index (χ4v) is 2.15. The molecule has 0 aliphatic rings. The van der Waals surface area contributed by atoms with E-state index in [0.717, 1.165) is 29.6 Å². The van der Waals surface area contributed by atoms with Crippen LogP contribution in [0.5, 0.6) is 0 Å². The van der Waals surface area contributed by atoms with E-state index in [1.165, 1.54) is 5.56 Å². The van der Waals surface area contributed by atoms with Crippen molar-refractivity contribution in [2.24, 2.45) is 5.84 Å². The van der Waals surface area contributed by atoms with Gasteiger partial charge in [-0.15, -0.1) is 0 Å². The summed E-state index contributed by atoms with van der Waals surface area (Å²) in [5, 5.41) is 1.14. The lowest BCUT2D eigenvalue weighted by Crippen LogP contribution is -2.29. The number of nitrogens with two attached hydrogens (primary N) is 1. The van der Waals surface area contributed by atoms with Crippen molar-refractivity contribution in [1.82, 2.24) is 10.4 Å². The summed E-state index contributed by atoms with van der Waals surface area (Å²) < 4.78 is 5.38. The van der Waals surface area contributed by atoms with Gasteiger partial charge in [-0.1, -0.05) is 12.1 Å². The molecule has 2 aromatic rings. The number of ether oxygens (including phenoxy) is 1. The van der Waals surface area contributed by atoms with Crippen LogP contribution in [0.15, 0.2) is 30.3 Å². The van der Waals surface area contributed by atoms with Crippen LogP contribution in [0.2, 0.25) is 0 Å². The minimum Gasteiger partial charge on any atom is -0.382 e. The zero-order valence-electron chi connectivity index (χ0n) is 11.5. The van der Waals surface area contributed by atoms with E-state index in [2.05, 4.69) is 28.6 Å². The number of hydrogen-bond acceptors (Lipinski definition) is 4. The first kappa shape index (κ1) is 13.9. The highest BCUT2D eigenvalue weighted by Crippen LogP contribution is 2.21. The summed E-state index contributed by atoms with van der Waals surface area (Å²) >= 11 is 0. The zero-order chi connectivity index (χ0) is 13.7. The van der Waals surface area contributed by atoms with E-state index < -0.39 is 0 Å². The maximum absolute atomic E-state index is 5.63. The highest BCUT2D eigenvalue weighted by atomic mass is 16.5. The maximum Gasteiger partial charge on any atom is 0.0705 e. The number of nitrogens with one attached hydrogen (secondary N) is 1. The largest absolute Gasteiger partial charge is 0.382 e. The summed E-state index contributed by atoms with van der Waals surface area (Å²) in [6.07, 6.45) is 0.856. The Hall–Kier alpha value is -1.49. The molecule has 0 spiro atoms. The van der Waals surface area contributed by atoms with Gasteiger partial charge in [-0.2, -0.15) is 0 Å². The van der Waals surface area contributed by atoms with Gasteiger partial charge in [0.15, 0.2) is 0 Å². The molecule has 102 valence electrons. The molecule has 0 saturated carbocycles. The maximum atomic E-state index is 5.63. The van der Waals surface area contributed by atoms with Gasteiger partial charge in [0.05, 0.1) is 5.52 Å². The molecular weight excluding hydrogens is 238 g/mol. The first-order chi connectivity index (χ1) is 9.24. The van der Waals surface area contributed by atoms with Crippen LogP contribution in [-0.2, 0) is 4.74 Å². The Bertz CT molecular complexity index is 542. The minimum atomic E-state index is 0.109. The van der Waals surface area contributed by atoms with Crippen LogP contribution in [0.4, 0.5) is 0 Å². The standard InChI is InChI=1S/C15H21N3O/c1-3-19-9-8-15(18-16)13-6-7-14-12(10-13)5-4-11(2)17-14/h4-7,10,15,18H,3,8-9,16H2,1-2H3. The zero-order valence-corrected chi connectivity index (χ0v) is 11.5. The van der Waals surface area contributed by atoms with Gasteiger partial charge in [0.1, 0.15) is 0 Å². The Morgan fingerprint density at radius 2 is 2.16 bits per heavy atom. The molecule has 0 bridgehead atoms. The predicted molar refractivity (Wildman–Crippen MR) is 77.7 cm³/mol. The van der Waals surface area contributed by atoms with Crippen LogP contribution in [0.1, 0.15) is 30.6 Å². The van der Waals surface area contributed by atoms with Gasteiger partial charge < -0.3 is 4.74 Å². The molecule has 0 aliphatic heterocycles. The van der Waals surface area contributed by atoms with Crippen molar-refractivity contribution < 1.29 is 4.74 Å². The highest BCUT2D eigenvalue weighted by Gasteiger charge is 2.10. The van der Waals surface area contributed by atoms with E-state index in [1.807, 2.05) is 26.0 Å². The minimum absolute atomic E-state index is 0.109. The van der Waals surface area contributed by atoms with Crippen molar-refractivity contribution in [3.63, 3.8) is 0 Å². The number of nitrogens with zero attached hydrogens (tertiary/aromatic N) is 1. The fourth-order valence-electron chi connectivity index (χ4n) is 2.15. The number of aryl methyl sites for hydroxylation is 1. The van der Waals surface area contributed by atoms with E-state index in [-0.39, 0.29) is 6.04 Å². The van der Waals surface area contributed by atoms with Crippen molar-refractivity contribution >= 4 is 10.9 Å². The van der Waals surface area contributed by atoms with Gasteiger partial charge >= 0.3 is 0 Å². The summed E-state index contributed by atoms with van der Waals surface area (Å²) in [5.74, 6) is 5.63. The summed E-state index contributed by atoms with van der Waals surface area (Å²) in [4.78, 5) is 4.50. The van der Waals surface area contributed by atoms with Crippen molar-refractivity contribution in [2.75, 3.05) is 13.2 Å². The van der Waals surface area contributed by atoms with E-state index >= 15 is 0 Å². The van der Waals surface area contributed by atoms with Crippen LogP contribution in [0.25, 0.3) is 10.9 Å². The molecule has 1 aromatic heterocycles.